The van der Waals surface area contributed by atoms with Crippen molar-refractivity contribution in [2.45, 2.75) is 20.8 Å². The molecular formula is C36H48N3O10P. The van der Waals surface area contributed by atoms with Crippen LogP contribution in [-0.2, 0) is 33.2 Å². The van der Waals surface area contributed by atoms with Gasteiger partial charge in [-0.2, -0.15) is 0 Å². The maximum Gasteiger partial charge on any atom is 0.216 e. The molecule has 0 unspecified atom stereocenters. The Morgan fingerprint density at radius 2 is 0.700 bits per heavy atom. The van der Waals surface area contributed by atoms with Crippen molar-refractivity contribution in [3.8, 4) is 17.2 Å². The van der Waals surface area contributed by atoms with Crippen LogP contribution in [0.2, 0.25) is 0 Å². The quantitative estimate of drug-likeness (QED) is 0.0925. The Bertz CT molecular complexity index is 1320. The first-order valence-electron chi connectivity index (χ1n) is 16.5. The Balaban J connectivity index is 1.66. The Morgan fingerprint density at radius 1 is 0.440 bits per heavy atom. The van der Waals surface area contributed by atoms with E-state index in [0.29, 0.717) is 112 Å². The van der Waals surface area contributed by atoms with Gasteiger partial charge in [-0.05, 0) is 72.8 Å². The molecule has 0 fully saturated rings. The minimum atomic E-state index is -3.34. The molecule has 0 bridgehead atoms. The molecule has 0 aliphatic rings. The Labute approximate surface area is 293 Å². The monoisotopic (exact) mass is 713 g/mol. The molecule has 3 amide bonds. The number of ether oxygens (including phenoxy) is 6. The summed E-state index contributed by atoms with van der Waals surface area (Å²) in [5.41, 5.74) is 0. The molecule has 0 spiro atoms. The van der Waals surface area contributed by atoms with Crippen LogP contribution in [0.15, 0.2) is 72.8 Å². The van der Waals surface area contributed by atoms with Crippen molar-refractivity contribution in [1.82, 2.24) is 16.0 Å². The highest BCUT2D eigenvalue weighted by Crippen LogP contribution is 2.43. The SMILES string of the molecule is CC(=O)NCCOCCOc1ccc(P(=O)(c2ccc(OCCOCCNC(C)=O)cc2)c2ccc(OCCOCCNC(C)=O)cc2)cc1. The molecule has 3 rings (SSSR count). The normalized spacial score (nSPS) is 11.0. The second-order valence-electron chi connectivity index (χ2n) is 10.9. The molecule has 0 aliphatic heterocycles. The number of rotatable bonds is 24. The average molecular weight is 714 g/mol. The molecule has 50 heavy (non-hydrogen) atoms. The smallest absolute Gasteiger partial charge is 0.216 e. The summed E-state index contributed by atoms with van der Waals surface area (Å²) in [6, 6.07) is 21.5. The highest BCUT2D eigenvalue weighted by atomic mass is 31.2. The molecule has 272 valence electrons. The number of nitrogens with one attached hydrogen (secondary N) is 3. The van der Waals surface area contributed by atoms with Gasteiger partial charge < -0.3 is 48.9 Å². The third kappa shape index (κ3) is 14.6. The van der Waals surface area contributed by atoms with E-state index < -0.39 is 7.14 Å². The summed E-state index contributed by atoms with van der Waals surface area (Å²) in [7, 11) is -3.34. The minimum absolute atomic E-state index is 0.105. The van der Waals surface area contributed by atoms with Crippen molar-refractivity contribution in [3.63, 3.8) is 0 Å². The van der Waals surface area contributed by atoms with Gasteiger partial charge in [-0.15, -0.1) is 0 Å². The minimum Gasteiger partial charge on any atom is -0.491 e. The summed E-state index contributed by atoms with van der Waals surface area (Å²) in [4.78, 5) is 32.9. The number of carbonyl (C=O) groups is 3. The van der Waals surface area contributed by atoms with Crippen molar-refractivity contribution in [2.24, 2.45) is 0 Å². The van der Waals surface area contributed by atoms with Gasteiger partial charge in [0.2, 0.25) is 17.7 Å². The fourth-order valence-corrected chi connectivity index (χ4v) is 7.16. The van der Waals surface area contributed by atoms with Crippen molar-refractivity contribution < 1.29 is 47.4 Å². The zero-order chi connectivity index (χ0) is 36.0. The van der Waals surface area contributed by atoms with Gasteiger partial charge in [0.15, 0.2) is 7.14 Å². The van der Waals surface area contributed by atoms with Gasteiger partial charge >= 0.3 is 0 Å². The van der Waals surface area contributed by atoms with E-state index in [1.54, 1.807) is 72.8 Å². The number of benzene rings is 3. The second-order valence-corrected chi connectivity index (χ2v) is 13.7. The van der Waals surface area contributed by atoms with E-state index >= 15 is 4.57 Å². The van der Waals surface area contributed by atoms with E-state index in [9.17, 15) is 14.4 Å². The standard InChI is InChI=1S/C36H48N3O10P/c1-28(40)37-16-19-44-22-25-47-31-4-10-34(11-5-31)50(43,35-12-6-32(7-13-35)48-26-23-45-20-17-38-29(2)41)36-14-8-33(9-15-36)49-27-24-46-21-18-39-30(3)42/h4-15H,16-27H2,1-3H3,(H,37,40)(H,38,41)(H,39,42). The van der Waals surface area contributed by atoms with Crippen LogP contribution in [0.25, 0.3) is 0 Å². The topological polar surface area (TPSA) is 160 Å². The molecule has 0 atom stereocenters. The number of amides is 3. The van der Waals surface area contributed by atoms with Crippen LogP contribution in [0, 0.1) is 0 Å². The average Bonchev–Trinajstić information content (AvgIpc) is 3.10. The van der Waals surface area contributed by atoms with Crippen molar-refractivity contribution >= 4 is 40.8 Å². The fourth-order valence-electron chi connectivity index (χ4n) is 4.56. The third-order valence-electron chi connectivity index (χ3n) is 6.95. The molecule has 0 aliphatic carbocycles. The molecule has 3 N–H and O–H groups in total. The highest BCUT2D eigenvalue weighted by Gasteiger charge is 2.30. The van der Waals surface area contributed by atoms with E-state index in [0.717, 1.165) is 0 Å². The first-order valence-corrected chi connectivity index (χ1v) is 18.2. The van der Waals surface area contributed by atoms with Gasteiger partial charge in [0.05, 0.1) is 39.6 Å². The summed E-state index contributed by atoms with van der Waals surface area (Å²) in [5, 5.41) is 9.89. The predicted molar refractivity (Wildman–Crippen MR) is 191 cm³/mol. The van der Waals surface area contributed by atoms with Crippen molar-refractivity contribution in [2.75, 3.05) is 79.1 Å². The van der Waals surface area contributed by atoms with E-state index in [4.69, 9.17) is 28.4 Å². The zero-order valence-corrected chi connectivity index (χ0v) is 29.8. The number of carbonyl (C=O) groups excluding carboxylic acids is 3. The summed E-state index contributed by atoms with van der Waals surface area (Å²) >= 11 is 0. The van der Waals surface area contributed by atoms with Gasteiger partial charge in [-0.1, -0.05) is 0 Å². The van der Waals surface area contributed by atoms with Crippen LogP contribution in [0.4, 0.5) is 0 Å². The summed E-state index contributed by atoms with van der Waals surface area (Å²) in [6.07, 6.45) is 0. The number of hydrogen-bond donors (Lipinski definition) is 3. The third-order valence-corrected chi connectivity index (χ3v) is 10.0. The Kier molecular flexibility index (Phi) is 17.9. The van der Waals surface area contributed by atoms with Crippen LogP contribution < -0.4 is 46.1 Å². The lowest BCUT2D eigenvalue weighted by Crippen LogP contribution is -2.25. The van der Waals surface area contributed by atoms with Gasteiger partial charge in [0.1, 0.15) is 37.1 Å². The van der Waals surface area contributed by atoms with Crippen molar-refractivity contribution in [1.29, 1.82) is 0 Å². The van der Waals surface area contributed by atoms with Crippen LogP contribution >= 0.6 is 7.14 Å². The molecule has 0 heterocycles. The van der Waals surface area contributed by atoms with Gasteiger partial charge in [-0.3, -0.25) is 14.4 Å². The maximum absolute atomic E-state index is 15.1. The molecule has 0 saturated heterocycles. The summed E-state index contributed by atoms with van der Waals surface area (Å²) < 4.78 is 49.0. The van der Waals surface area contributed by atoms with Gasteiger partial charge in [-0.25, -0.2) is 0 Å². The molecule has 13 nitrogen and oxygen atoms in total. The molecule has 0 aromatic heterocycles. The zero-order valence-electron chi connectivity index (χ0n) is 28.9. The largest absolute Gasteiger partial charge is 0.491 e. The van der Waals surface area contributed by atoms with Crippen LogP contribution in [0.3, 0.4) is 0 Å². The molecular weight excluding hydrogens is 665 g/mol. The molecule has 3 aromatic rings. The van der Waals surface area contributed by atoms with Crippen LogP contribution in [0.1, 0.15) is 20.8 Å². The van der Waals surface area contributed by atoms with E-state index in [1.165, 1.54) is 20.8 Å². The summed E-state index contributed by atoms with van der Waals surface area (Å²) in [5.74, 6) is 1.51. The van der Waals surface area contributed by atoms with E-state index in [-0.39, 0.29) is 17.7 Å². The fraction of sp³-hybridized carbons (Fsp3) is 0.417. The molecule has 0 saturated carbocycles. The van der Waals surface area contributed by atoms with E-state index in [1.807, 2.05) is 0 Å². The van der Waals surface area contributed by atoms with Gasteiger partial charge in [0, 0.05) is 56.3 Å². The molecule has 0 radical (unpaired) electrons. The van der Waals surface area contributed by atoms with Crippen LogP contribution in [-0.4, -0.2) is 96.8 Å². The lowest BCUT2D eigenvalue weighted by Gasteiger charge is -2.21. The maximum atomic E-state index is 15.1. The predicted octanol–water partition coefficient (Wildman–Crippen LogP) is 1.92. The van der Waals surface area contributed by atoms with Crippen molar-refractivity contribution in [3.05, 3.63) is 72.8 Å². The highest BCUT2D eigenvalue weighted by molar-refractivity contribution is 7.85. The lowest BCUT2D eigenvalue weighted by atomic mass is 10.3. The Morgan fingerprint density at radius 3 is 0.940 bits per heavy atom. The lowest BCUT2D eigenvalue weighted by molar-refractivity contribution is -0.120. The molecule has 14 heteroatoms. The first kappa shape index (κ1) is 40.0. The first-order chi connectivity index (χ1) is 24.2. The second kappa shape index (κ2) is 22.3. The van der Waals surface area contributed by atoms with E-state index in [2.05, 4.69) is 16.0 Å². The summed E-state index contributed by atoms with van der Waals surface area (Å²) in [6.45, 7) is 8.87. The number of hydrogen-bond acceptors (Lipinski definition) is 10. The Hall–Kier alpha value is -4.42. The van der Waals surface area contributed by atoms with Gasteiger partial charge in [0.25, 0.3) is 0 Å². The molecule has 3 aromatic carbocycles. The van der Waals surface area contributed by atoms with Crippen LogP contribution in [0.5, 0.6) is 17.2 Å².